The number of hydrogen-bond donors (Lipinski definition) is 0. The van der Waals surface area contributed by atoms with E-state index in [1.807, 2.05) is 42.5 Å². The minimum absolute atomic E-state index is 0.0767. The van der Waals surface area contributed by atoms with E-state index in [2.05, 4.69) is 6.58 Å². The second-order valence-electron chi connectivity index (χ2n) is 5.31. The van der Waals surface area contributed by atoms with Gasteiger partial charge in [-0.3, -0.25) is 4.79 Å². The summed E-state index contributed by atoms with van der Waals surface area (Å²) in [5.41, 5.74) is 1.06. The zero-order valence-electron chi connectivity index (χ0n) is 11.5. The van der Waals surface area contributed by atoms with E-state index in [0.29, 0.717) is 5.75 Å². The van der Waals surface area contributed by atoms with Crippen LogP contribution in [0.5, 0.6) is 5.75 Å². The van der Waals surface area contributed by atoms with E-state index in [1.54, 1.807) is 0 Å². The van der Waals surface area contributed by atoms with Crippen LogP contribution in [0.4, 0.5) is 0 Å². The molecule has 0 amide bonds. The van der Waals surface area contributed by atoms with E-state index >= 15 is 0 Å². The molecule has 2 aromatic rings. The quantitative estimate of drug-likeness (QED) is 0.600. The number of ether oxygens (including phenoxy) is 1. The highest BCUT2D eigenvalue weighted by molar-refractivity contribution is 5.95. The lowest BCUT2D eigenvalue weighted by molar-refractivity contribution is -0.138. The molecule has 0 aromatic heterocycles. The third-order valence-corrected chi connectivity index (χ3v) is 4.03. The first-order chi connectivity index (χ1) is 9.79. The van der Waals surface area contributed by atoms with Crippen molar-refractivity contribution in [2.24, 2.45) is 5.92 Å². The number of rotatable bonds is 3. The van der Waals surface area contributed by atoms with Gasteiger partial charge in [0.15, 0.2) is 0 Å². The standard InChI is InChI=1S/C18H18O2/c1-2-13-9-5-11-16-15(13)10-6-12-17(16)20-18(19)14-7-3-4-8-14/h2,5-6,9-12,14H,1,3-4,7-8H2. The van der Waals surface area contributed by atoms with Crippen molar-refractivity contribution in [2.45, 2.75) is 25.7 Å². The maximum atomic E-state index is 12.2. The summed E-state index contributed by atoms with van der Waals surface area (Å²) >= 11 is 0. The van der Waals surface area contributed by atoms with Gasteiger partial charge in [0, 0.05) is 5.39 Å². The second-order valence-corrected chi connectivity index (χ2v) is 5.31. The number of carbonyl (C=O) groups is 1. The molecule has 0 atom stereocenters. The Morgan fingerprint density at radius 3 is 2.55 bits per heavy atom. The molecular weight excluding hydrogens is 248 g/mol. The summed E-state index contributed by atoms with van der Waals surface area (Å²) in [4.78, 5) is 12.2. The Bertz CT molecular complexity index is 652. The van der Waals surface area contributed by atoms with Gasteiger partial charge in [-0.1, -0.05) is 55.8 Å². The average Bonchev–Trinajstić information content (AvgIpc) is 3.01. The van der Waals surface area contributed by atoms with Crippen molar-refractivity contribution >= 4 is 22.8 Å². The van der Waals surface area contributed by atoms with Crippen LogP contribution in [0.15, 0.2) is 43.0 Å². The summed E-state index contributed by atoms with van der Waals surface area (Å²) in [6, 6.07) is 11.8. The minimum atomic E-state index is -0.0843. The Morgan fingerprint density at radius 1 is 1.10 bits per heavy atom. The van der Waals surface area contributed by atoms with Crippen molar-refractivity contribution in [1.29, 1.82) is 0 Å². The molecule has 20 heavy (non-hydrogen) atoms. The Labute approximate surface area is 119 Å². The molecule has 0 aliphatic heterocycles. The Hall–Kier alpha value is -2.09. The molecule has 0 spiro atoms. The molecule has 2 nitrogen and oxygen atoms in total. The maximum absolute atomic E-state index is 12.2. The molecule has 0 bridgehead atoms. The summed E-state index contributed by atoms with van der Waals surface area (Å²) in [7, 11) is 0. The van der Waals surface area contributed by atoms with Crippen molar-refractivity contribution < 1.29 is 9.53 Å². The van der Waals surface area contributed by atoms with Crippen LogP contribution >= 0.6 is 0 Å². The molecular formula is C18H18O2. The molecule has 3 rings (SSSR count). The first kappa shape index (κ1) is 12.9. The molecule has 0 saturated heterocycles. The van der Waals surface area contributed by atoms with E-state index in [9.17, 15) is 4.79 Å². The Morgan fingerprint density at radius 2 is 1.80 bits per heavy atom. The first-order valence-corrected chi connectivity index (χ1v) is 7.15. The molecule has 0 N–H and O–H groups in total. The fraction of sp³-hybridized carbons (Fsp3) is 0.278. The van der Waals surface area contributed by atoms with Gasteiger partial charge >= 0.3 is 5.97 Å². The van der Waals surface area contributed by atoms with Gasteiger partial charge in [-0.15, -0.1) is 0 Å². The van der Waals surface area contributed by atoms with Crippen LogP contribution in [0.1, 0.15) is 31.2 Å². The maximum Gasteiger partial charge on any atom is 0.314 e. The van der Waals surface area contributed by atoms with Crippen LogP contribution in [-0.4, -0.2) is 5.97 Å². The van der Waals surface area contributed by atoms with Crippen LogP contribution < -0.4 is 4.74 Å². The molecule has 2 heteroatoms. The lowest BCUT2D eigenvalue weighted by Gasteiger charge is -2.12. The van der Waals surface area contributed by atoms with E-state index in [-0.39, 0.29) is 11.9 Å². The molecule has 1 saturated carbocycles. The van der Waals surface area contributed by atoms with Crippen molar-refractivity contribution in [1.82, 2.24) is 0 Å². The molecule has 0 radical (unpaired) electrons. The summed E-state index contributed by atoms with van der Waals surface area (Å²) in [5.74, 6) is 0.648. The monoisotopic (exact) mass is 266 g/mol. The van der Waals surface area contributed by atoms with Gasteiger partial charge < -0.3 is 4.74 Å². The summed E-state index contributed by atoms with van der Waals surface area (Å²) in [5, 5.41) is 2.04. The number of esters is 1. The third-order valence-electron chi connectivity index (χ3n) is 4.03. The van der Waals surface area contributed by atoms with Crippen LogP contribution in [0.3, 0.4) is 0 Å². The van der Waals surface area contributed by atoms with E-state index < -0.39 is 0 Å². The highest BCUT2D eigenvalue weighted by atomic mass is 16.5. The van der Waals surface area contributed by atoms with Gasteiger partial charge in [0.25, 0.3) is 0 Å². The molecule has 0 heterocycles. The number of benzene rings is 2. The van der Waals surface area contributed by atoms with Gasteiger partial charge in [-0.2, -0.15) is 0 Å². The highest BCUT2D eigenvalue weighted by Gasteiger charge is 2.24. The summed E-state index contributed by atoms with van der Waals surface area (Å²) in [6.45, 7) is 3.83. The highest BCUT2D eigenvalue weighted by Crippen LogP contribution is 2.31. The van der Waals surface area contributed by atoms with Crippen molar-refractivity contribution in [3.63, 3.8) is 0 Å². The van der Waals surface area contributed by atoms with Crippen molar-refractivity contribution in [3.05, 3.63) is 48.5 Å². The minimum Gasteiger partial charge on any atom is -0.426 e. The zero-order chi connectivity index (χ0) is 13.9. The summed E-state index contributed by atoms with van der Waals surface area (Å²) in [6.07, 6.45) is 6.01. The van der Waals surface area contributed by atoms with E-state index in [4.69, 9.17) is 4.74 Å². The Balaban J connectivity index is 1.95. The lowest BCUT2D eigenvalue weighted by atomic mass is 10.0. The number of carbonyl (C=O) groups excluding carboxylic acids is 1. The molecule has 102 valence electrons. The average molecular weight is 266 g/mol. The first-order valence-electron chi connectivity index (χ1n) is 7.15. The number of hydrogen-bond acceptors (Lipinski definition) is 2. The van der Waals surface area contributed by atoms with Gasteiger partial charge in [0.05, 0.1) is 5.92 Å². The predicted octanol–water partition coefficient (Wildman–Crippen LogP) is 4.58. The largest absolute Gasteiger partial charge is 0.426 e. The van der Waals surface area contributed by atoms with Gasteiger partial charge in [0.1, 0.15) is 5.75 Å². The SMILES string of the molecule is C=Cc1cccc2c(OC(=O)C3CCCC3)cccc12. The molecule has 0 unspecified atom stereocenters. The Kier molecular flexibility index (Phi) is 3.55. The van der Waals surface area contributed by atoms with Crippen LogP contribution in [-0.2, 0) is 4.79 Å². The van der Waals surface area contributed by atoms with Crippen LogP contribution in [0.2, 0.25) is 0 Å². The van der Waals surface area contributed by atoms with Crippen LogP contribution in [0, 0.1) is 5.92 Å². The van der Waals surface area contributed by atoms with Crippen LogP contribution in [0.25, 0.3) is 16.8 Å². The lowest BCUT2D eigenvalue weighted by Crippen LogP contribution is -2.17. The zero-order valence-corrected chi connectivity index (χ0v) is 11.5. The predicted molar refractivity (Wildman–Crippen MR) is 81.6 cm³/mol. The van der Waals surface area contributed by atoms with Crippen molar-refractivity contribution in [2.75, 3.05) is 0 Å². The summed E-state index contributed by atoms with van der Waals surface area (Å²) < 4.78 is 5.64. The van der Waals surface area contributed by atoms with Gasteiger partial charge in [-0.25, -0.2) is 0 Å². The fourth-order valence-corrected chi connectivity index (χ4v) is 2.93. The topological polar surface area (TPSA) is 26.3 Å². The van der Waals surface area contributed by atoms with Gasteiger partial charge in [0.2, 0.25) is 0 Å². The molecule has 1 aliphatic rings. The van der Waals surface area contributed by atoms with E-state index in [1.165, 1.54) is 0 Å². The molecule has 2 aromatic carbocycles. The molecule has 1 fully saturated rings. The van der Waals surface area contributed by atoms with Gasteiger partial charge in [-0.05, 0) is 29.9 Å². The fourth-order valence-electron chi connectivity index (χ4n) is 2.93. The third kappa shape index (κ3) is 2.34. The normalized spacial score (nSPS) is 15.4. The second kappa shape index (κ2) is 5.49. The smallest absolute Gasteiger partial charge is 0.314 e. The molecule has 1 aliphatic carbocycles. The van der Waals surface area contributed by atoms with E-state index in [0.717, 1.165) is 42.0 Å². The number of fused-ring (bicyclic) bond motifs is 1. The van der Waals surface area contributed by atoms with Crippen molar-refractivity contribution in [3.8, 4) is 5.75 Å².